The molecule has 1 aromatic heterocycles. The van der Waals surface area contributed by atoms with Crippen LogP contribution in [-0.4, -0.2) is 34.2 Å². The molecule has 1 heterocycles. The van der Waals surface area contributed by atoms with Gasteiger partial charge in [0.2, 0.25) is 5.91 Å². The van der Waals surface area contributed by atoms with Gasteiger partial charge in [0.15, 0.2) is 5.16 Å². The average Bonchev–Trinajstić information content (AvgIpc) is 3.19. The molecule has 0 unspecified atom stereocenters. The molecule has 0 aliphatic heterocycles. The molecule has 0 bridgehead atoms. The van der Waals surface area contributed by atoms with Gasteiger partial charge in [-0.25, -0.2) is 9.37 Å². The zero-order chi connectivity index (χ0) is 19.9. The van der Waals surface area contributed by atoms with Crippen LogP contribution in [0.15, 0.2) is 66.1 Å². The first kappa shape index (κ1) is 19.4. The molecule has 0 atom stereocenters. The van der Waals surface area contributed by atoms with Crippen molar-refractivity contribution < 1.29 is 18.7 Å². The normalized spacial score (nSPS) is 10.4. The van der Waals surface area contributed by atoms with E-state index in [1.807, 2.05) is 28.8 Å². The summed E-state index contributed by atoms with van der Waals surface area (Å²) in [4.78, 5) is 28.2. The van der Waals surface area contributed by atoms with E-state index >= 15 is 0 Å². The number of benzene rings is 2. The highest BCUT2D eigenvalue weighted by Gasteiger charge is 2.11. The molecule has 0 aliphatic rings. The van der Waals surface area contributed by atoms with E-state index in [-0.39, 0.29) is 11.3 Å². The van der Waals surface area contributed by atoms with E-state index in [0.717, 1.165) is 11.4 Å². The van der Waals surface area contributed by atoms with E-state index in [1.54, 1.807) is 19.5 Å². The zero-order valence-corrected chi connectivity index (χ0v) is 15.7. The summed E-state index contributed by atoms with van der Waals surface area (Å²) in [7, 11) is 1.60. The summed E-state index contributed by atoms with van der Waals surface area (Å²) < 4.78 is 19.9. The zero-order valence-electron chi connectivity index (χ0n) is 14.9. The summed E-state index contributed by atoms with van der Waals surface area (Å²) in [5.74, 6) is -0.571. The molecule has 2 N–H and O–H groups in total. The first-order valence-electron chi connectivity index (χ1n) is 8.22. The minimum Gasteiger partial charge on any atom is -0.497 e. The molecule has 144 valence electrons. The average molecular weight is 400 g/mol. The smallest absolute Gasteiger partial charge is 0.269 e. The fourth-order valence-corrected chi connectivity index (χ4v) is 3.08. The van der Waals surface area contributed by atoms with Crippen molar-refractivity contribution in [2.45, 2.75) is 5.16 Å². The maximum Gasteiger partial charge on any atom is 0.269 e. The van der Waals surface area contributed by atoms with Gasteiger partial charge in [-0.2, -0.15) is 0 Å². The van der Waals surface area contributed by atoms with Crippen molar-refractivity contribution in [2.75, 3.05) is 12.9 Å². The molecule has 2 aromatic carbocycles. The van der Waals surface area contributed by atoms with Crippen LogP contribution in [0.25, 0.3) is 5.69 Å². The van der Waals surface area contributed by atoms with E-state index in [0.29, 0.717) is 5.16 Å². The molecule has 2 amide bonds. The van der Waals surface area contributed by atoms with Crippen molar-refractivity contribution in [1.29, 1.82) is 0 Å². The highest BCUT2D eigenvalue weighted by Crippen LogP contribution is 2.22. The van der Waals surface area contributed by atoms with Gasteiger partial charge < -0.3 is 4.74 Å². The molecule has 0 saturated heterocycles. The highest BCUT2D eigenvalue weighted by molar-refractivity contribution is 7.99. The topological polar surface area (TPSA) is 85.2 Å². The van der Waals surface area contributed by atoms with Crippen molar-refractivity contribution in [1.82, 2.24) is 20.4 Å². The number of hydrogen-bond donors (Lipinski definition) is 2. The number of carbonyl (C=O) groups excluding carboxylic acids is 2. The molecule has 0 aliphatic carbocycles. The first-order chi connectivity index (χ1) is 13.6. The summed E-state index contributed by atoms with van der Waals surface area (Å²) >= 11 is 1.22. The monoisotopic (exact) mass is 400 g/mol. The second-order valence-electron chi connectivity index (χ2n) is 5.58. The van der Waals surface area contributed by atoms with Gasteiger partial charge in [0.1, 0.15) is 11.6 Å². The Morgan fingerprint density at radius 2 is 1.82 bits per heavy atom. The van der Waals surface area contributed by atoms with Crippen LogP contribution in [0, 0.1) is 5.82 Å². The van der Waals surface area contributed by atoms with Gasteiger partial charge in [-0.1, -0.05) is 11.8 Å². The molecular formula is C19H17FN4O3S. The molecule has 3 aromatic rings. The molecule has 0 spiro atoms. The number of hydrogen-bond acceptors (Lipinski definition) is 5. The van der Waals surface area contributed by atoms with Gasteiger partial charge in [-0.3, -0.25) is 25.0 Å². The van der Waals surface area contributed by atoms with E-state index in [4.69, 9.17) is 4.74 Å². The standard InChI is InChI=1S/C19H17FN4O3S/c1-27-16-8-6-15(7-9-16)24-11-10-21-19(24)28-12-17(25)22-23-18(26)13-2-4-14(20)5-3-13/h2-11H,12H2,1H3,(H,22,25)(H,23,26). The lowest BCUT2D eigenvalue weighted by Gasteiger charge is -2.09. The summed E-state index contributed by atoms with van der Waals surface area (Å²) in [6.07, 6.45) is 3.43. The van der Waals surface area contributed by atoms with Crippen LogP contribution < -0.4 is 15.6 Å². The largest absolute Gasteiger partial charge is 0.497 e. The number of nitrogens with one attached hydrogen (secondary N) is 2. The van der Waals surface area contributed by atoms with Gasteiger partial charge in [0.05, 0.1) is 12.9 Å². The number of rotatable bonds is 6. The second-order valence-corrected chi connectivity index (χ2v) is 6.52. The maximum absolute atomic E-state index is 12.9. The van der Waals surface area contributed by atoms with Gasteiger partial charge in [0, 0.05) is 23.6 Å². The number of aromatic nitrogens is 2. The van der Waals surface area contributed by atoms with Gasteiger partial charge in [-0.15, -0.1) is 0 Å². The first-order valence-corrected chi connectivity index (χ1v) is 9.20. The molecule has 28 heavy (non-hydrogen) atoms. The van der Waals surface area contributed by atoms with Crippen molar-refractivity contribution >= 4 is 23.6 Å². The molecule has 9 heteroatoms. The maximum atomic E-state index is 12.9. The molecule has 3 rings (SSSR count). The number of hydrazine groups is 1. The Labute approximate surface area is 164 Å². The minimum absolute atomic E-state index is 0.0524. The van der Waals surface area contributed by atoms with Crippen LogP contribution in [0.5, 0.6) is 5.75 Å². The third kappa shape index (κ3) is 4.89. The number of amides is 2. The number of thioether (sulfide) groups is 1. The van der Waals surface area contributed by atoms with Crippen LogP contribution in [0.3, 0.4) is 0 Å². The van der Waals surface area contributed by atoms with E-state index in [1.165, 1.54) is 36.0 Å². The number of nitrogens with zero attached hydrogens (tertiary/aromatic N) is 2. The molecule has 0 fully saturated rings. The van der Waals surface area contributed by atoms with Crippen molar-refractivity contribution in [3.63, 3.8) is 0 Å². The van der Waals surface area contributed by atoms with Crippen molar-refractivity contribution in [3.05, 3.63) is 72.3 Å². The molecular weight excluding hydrogens is 383 g/mol. The number of halogens is 1. The number of methoxy groups -OCH3 is 1. The summed E-state index contributed by atoms with van der Waals surface area (Å²) in [5, 5.41) is 0.630. The van der Waals surface area contributed by atoms with Crippen LogP contribution >= 0.6 is 11.8 Å². The lowest BCUT2D eigenvalue weighted by Crippen LogP contribution is -2.42. The quantitative estimate of drug-likeness (QED) is 0.491. The van der Waals surface area contributed by atoms with Gasteiger partial charge in [0.25, 0.3) is 5.91 Å². The number of imidazole rings is 1. The van der Waals surface area contributed by atoms with E-state index < -0.39 is 17.6 Å². The Morgan fingerprint density at radius 3 is 2.50 bits per heavy atom. The second kappa shape index (κ2) is 9.05. The van der Waals surface area contributed by atoms with Gasteiger partial charge >= 0.3 is 0 Å². The number of carbonyl (C=O) groups is 2. The Bertz CT molecular complexity index is 958. The lowest BCUT2D eigenvalue weighted by molar-refractivity contribution is -0.119. The Morgan fingerprint density at radius 1 is 1.11 bits per heavy atom. The van der Waals surface area contributed by atoms with Crippen LogP contribution in [-0.2, 0) is 4.79 Å². The summed E-state index contributed by atoms with van der Waals surface area (Å²) in [6, 6.07) is 12.4. The third-order valence-electron chi connectivity index (χ3n) is 3.71. The third-order valence-corrected chi connectivity index (χ3v) is 4.68. The van der Waals surface area contributed by atoms with E-state index in [9.17, 15) is 14.0 Å². The Kier molecular flexibility index (Phi) is 6.28. The Balaban J connectivity index is 1.53. The summed E-state index contributed by atoms with van der Waals surface area (Å²) in [6.45, 7) is 0. The number of ether oxygens (including phenoxy) is 1. The predicted octanol–water partition coefficient (Wildman–Crippen LogP) is 2.57. The molecule has 7 nitrogen and oxygen atoms in total. The molecule has 0 radical (unpaired) electrons. The predicted molar refractivity (Wildman–Crippen MR) is 103 cm³/mol. The fraction of sp³-hybridized carbons (Fsp3) is 0.105. The van der Waals surface area contributed by atoms with Crippen LogP contribution in [0.1, 0.15) is 10.4 Å². The van der Waals surface area contributed by atoms with Crippen LogP contribution in [0.2, 0.25) is 0 Å². The van der Waals surface area contributed by atoms with Crippen molar-refractivity contribution in [3.8, 4) is 11.4 Å². The Hall–Kier alpha value is -3.33. The fourth-order valence-electron chi connectivity index (χ4n) is 2.30. The van der Waals surface area contributed by atoms with Gasteiger partial charge in [-0.05, 0) is 48.5 Å². The van der Waals surface area contributed by atoms with Crippen molar-refractivity contribution in [2.24, 2.45) is 0 Å². The lowest BCUT2D eigenvalue weighted by atomic mass is 10.2. The van der Waals surface area contributed by atoms with Crippen LogP contribution in [0.4, 0.5) is 4.39 Å². The molecule has 0 saturated carbocycles. The summed E-state index contributed by atoms with van der Waals surface area (Å²) in [5.41, 5.74) is 5.74. The highest BCUT2D eigenvalue weighted by atomic mass is 32.2. The minimum atomic E-state index is -0.530. The SMILES string of the molecule is COc1ccc(-n2ccnc2SCC(=O)NNC(=O)c2ccc(F)cc2)cc1. The van der Waals surface area contributed by atoms with E-state index in [2.05, 4.69) is 15.8 Å².